The van der Waals surface area contributed by atoms with Gasteiger partial charge < -0.3 is 5.11 Å². The molecule has 118 valence electrons. The first-order valence-electron chi connectivity index (χ1n) is 6.58. The second-order valence-corrected chi connectivity index (χ2v) is 6.83. The minimum atomic E-state index is -3.85. The predicted octanol–water partition coefficient (Wildman–Crippen LogP) is 2.88. The highest BCUT2D eigenvalue weighted by Gasteiger charge is 2.18. The molecule has 22 heavy (non-hydrogen) atoms. The van der Waals surface area contributed by atoms with Crippen LogP contribution >= 0.6 is 11.6 Å². The predicted molar refractivity (Wildman–Crippen MR) is 82.6 cm³/mol. The molecule has 0 aliphatic heterocycles. The third-order valence-electron chi connectivity index (χ3n) is 3.08. The fraction of sp³-hybridized carbons (Fsp3) is 0.200. The van der Waals surface area contributed by atoms with Crippen LogP contribution in [0.5, 0.6) is 0 Å². The van der Waals surface area contributed by atoms with Gasteiger partial charge in [-0.05, 0) is 30.2 Å². The summed E-state index contributed by atoms with van der Waals surface area (Å²) in [4.78, 5) is -0.190. The highest BCUT2D eigenvalue weighted by atomic mass is 35.5. The first kappa shape index (κ1) is 16.9. The molecule has 0 saturated carbocycles. The summed E-state index contributed by atoms with van der Waals surface area (Å²) >= 11 is 5.74. The van der Waals surface area contributed by atoms with Crippen LogP contribution in [0.2, 0.25) is 5.02 Å². The molecule has 0 bridgehead atoms. The highest BCUT2D eigenvalue weighted by Crippen LogP contribution is 2.22. The number of hydrogen-bond donors (Lipinski definition) is 2. The number of hydrogen-bond acceptors (Lipinski definition) is 3. The molecule has 2 N–H and O–H groups in total. The van der Waals surface area contributed by atoms with Crippen molar-refractivity contribution in [2.24, 2.45) is 0 Å². The maximum absolute atomic E-state index is 12.9. The Morgan fingerprint density at radius 1 is 1.18 bits per heavy atom. The first-order chi connectivity index (χ1) is 10.4. The lowest BCUT2D eigenvalue weighted by Gasteiger charge is -2.12. The zero-order valence-corrected chi connectivity index (χ0v) is 13.1. The number of rotatable bonds is 6. The smallest absolute Gasteiger partial charge is 0.242 e. The van der Waals surface area contributed by atoms with Crippen molar-refractivity contribution >= 4 is 21.6 Å². The van der Waals surface area contributed by atoms with Crippen LogP contribution in [0.3, 0.4) is 0 Å². The summed E-state index contributed by atoms with van der Waals surface area (Å²) in [7, 11) is -3.85. The van der Waals surface area contributed by atoms with Gasteiger partial charge in [0, 0.05) is 6.54 Å². The van der Waals surface area contributed by atoms with Gasteiger partial charge in [-0.25, -0.2) is 17.5 Å². The highest BCUT2D eigenvalue weighted by molar-refractivity contribution is 7.89. The number of benzene rings is 2. The molecule has 0 spiro atoms. The molecule has 0 fully saturated rings. The summed E-state index contributed by atoms with van der Waals surface area (Å²) in [6.45, 7) is 0.0338. The molecular weight excluding hydrogens is 329 g/mol. The van der Waals surface area contributed by atoms with Crippen molar-refractivity contribution in [3.8, 4) is 0 Å². The van der Waals surface area contributed by atoms with Gasteiger partial charge in [0.05, 0.1) is 11.1 Å². The van der Waals surface area contributed by atoms with Gasteiger partial charge in [-0.3, -0.25) is 0 Å². The van der Waals surface area contributed by atoms with E-state index in [1.807, 2.05) is 6.07 Å². The molecule has 4 nitrogen and oxygen atoms in total. The topological polar surface area (TPSA) is 66.4 Å². The molecule has 0 aromatic heterocycles. The molecular formula is C15H15ClFNO3S. The van der Waals surface area contributed by atoms with E-state index in [0.29, 0.717) is 5.56 Å². The van der Waals surface area contributed by atoms with Gasteiger partial charge in [0.15, 0.2) is 0 Å². The SMILES string of the molecule is O=S(=O)(NCCC(O)c1ccccc1)c1ccc(F)cc1Cl. The maximum atomic E-state index is 12.9. The van der Waals surface area contributed by atoms with Gasteiger partial charge >= 0.3 is 0 Å². The molecule has 1 unspecified atom stereocenters. The van der Waals surface area contributed by atoms with Crippen LogP contribution in [0, 0.1) is 5.82 Å². The summed E-state index contributed by atoms with van der Waals surface area (Å²) in [6, 6.07) is 12.0. The van der Waals surface area contributed by atoms with Crippen molar-refractivity contribution in [3.63, 3.8) is 0 Å². The first-order valence-corrected chi connectivity index (χ1v) is 8.44. The lowest BCUT2D eigenvalue weighted by molar-refractivity contribution is 0.169. The van der Waals surface area contributed by atoms with Gasteiger partial charge in [0.2, 0.25) is 10.0 Å². The van der Waals surface area contributed by atoms with Gasteiger partial charge in [-0.15, -0.1) is 0 Å². The quantitative estimate of drug-likeness (QED) is 0.847. The van der Waals surface area contributed by atoms with Crippen LogP contribution in [-0.2, 0) is 10.0 Å². The average Bonchev–Trinajstić information content (AvgIpc) is 2.47. The summed E-state index contributed by atoms with van der Waals surface area (Å²) in [6.07, 6.45) is -0.560. The van der Waals surface area contributed by atoms with Crippen LogP contribution in [0.15, 0.2) is 53.4 Å². The molecule has 0 amide bonds. The van der Waals surface area contributed by atoms with Crippen LogP contribution in [0.1, 0.15) is 18.1 Å². The number of aliphatic hydroxyl groups is 1. The molecule has 0 heterocycles. The fourth-order valence-electron chi connectivity index (χ4n) is 1.94. The molecule has 0 aliphatic carbocycles. The van der Waals surface area contributed by atoms with Crippen LogP contribution in [0.4, 0.5) is 4.39 Å². The molecule has 1 atom stereocenters. The minimum Gasteiger partial charge on any atom is -0.388 e. The third-order valence-corrected chi connectivity index (χ3v) is 5.02. The van der Waals surface area contributed by atoms with E-state index in [4.69, 9.17) is 11.6 Å². The number of halogens is 2. The van der Waals surface area contributed by atoms with Gasteiger partial charge in [-0.1, -0.05) is 41.9 Å². The minimum absolute atomic E-state index is 0.0338. The van der Waals surface area contributed by atoms with E-state index in [2.05, 4.69) is 4.72 Å². The zero-order chi connectivity index (χ0) is 16.2. The van der Waals surface area contributed by atoms with Crippen LogP contribution < -0.4 is 4.72 Å². The van der Waals surface area contributed by atoms with E-state index in [9.17, 15) is 17.9 Å². The molecule has 7 heteroatoms. The van der Waals surface area contributed by atoms with E-state index in [1.165, 1.54) is 0 Å². The van der Waals surface area contributed by atoms with E-state index < -0.39 is 21.9 Å². The fourth-order valence-corrected chi connectivity index (χ4v) is 3.52. The van der Waals surface area contributed by atoms with Crippen LogP contribution in [-0.4, -0.2) is 20.1 Å². The normalized spacial score (nSPS) is 13.0. The summed E-state index contributed by atoms with van der Waals surface area (Å²) in [5, 5.41) is 9.78. The Morgan fingerprint density at radius 2 is 1.86 bits per heavy atom. The van der Waals surface area contributed by atoms with Crippen molar-refractivity contribution < 1.29 is 17.9 Å². The maximum Gasteiger partial charge on any atom is 0.242 e. The van der Waals surface area contributed by atoms with Crippen molar-refractivity contribution in [1.29, 1.82) is 0 Å². The van der Waals surface area contributed by atoms with Gasteiger partial charge in [0.25, 0.3) is 0 Å². The van der Waals surface area contributed by atoms with E-state index in [1.54, 1.807) is 24.3 Å². The second-order valence-electron chi connectivity index (χ2n) is 4.69. The number of sulfonamides is 1. The van der Waals surface area contributed by atoms with Gasteiger partial charge in [-0.2, -0.15) is 0 Å². The summed E-state index contributed by atoms with van der Waals surface area (Å²) in [5.74, 6) is -0.608. The van der Waals surface area contributed by atoms with Crippen molar-refractivity contribution in [3.05, 3.63) is 64.9 Å². The molecule has 2 aromatic rings. The molecule has 0 radical (unpaired) electrons. The molecule has 2 rings (SSSR count). The Labute approximate surface area is 133 Å². The van der Waals surface area contributed by atoms with E-state index in [0.717, 1.165) is 18.2 Å². The largest absolute Gasteiger partial charge is 0.388 e. The lowest BCUT2D eigenvalue weighted by Crippen LogP contribution is -2.26. The lowest BCUT2D eigenvalue weighted by atomic mass is 10.1. The monoisotopic (exact) mass is 343 g/mol. The van der Waals surface area contributed by atoms with Gasteiger partial charge in [0.1, 0.15) is 10.7 Å². The Morgan fingerprint density at radius 3 is 2.50 bits per heavy atom. The summed E-state index contributed by atoms with van der Waals surface area (Å²) in [5.41, 5.74) is 0.710. The molecule has 2 aromatic carbocycles. The van der Waals surface area contributed by atoms with Crippen molar-refractivity contribution in [2.75, 3.05) is 6.54 Å². The standard InChI is InChI=1S/C15H15ClFNO3S/c16-13-10-12(17)6-7-15(13)22(20,21)18-9-8-14(19)11-4-2-1-3-5-11/h1-7,10,14,18-19H,8-9H2. The Hall–Kier alpha value is -1.47. The van der Waals surface area contributed by atoms with Crippen LogP contribution in [0.25, 0.3) is 0 Å². The van der Waals surface area contributed by atoms with E-state index >= 15 is 0 Å². The second kappa shape index (κ2) is 7.19. The molecule has 0 aliphatic rings. The number of nitrogens with one attached hydrogen (secondary N) is 1. The Kier molecular flexibility index (Phi) is 5.52. The Bertz CT molecular complexity index is 738. The number of aliphatic hydroxyl groups excluding tert-OH is 1. The van der Waals surface area contributed by atoms with Crippen molar-refractivity contribution in [1.82, 2.24) is 4.72 Å². The molecule has 0 saturated heterocycles. The Balaban J connectivity index is 1.98. The zero-order valence-electron chi connectivity index (χ0n) is 11.5. The third kappa shape index (κ3) is 4.27. The average molecular weight is 344 g/mol. The summed E-state index contributed by atoms with van der Waals surface area (Å²) < 4.78 is 39.5. The van der Waals surface area contributed by atoms with Crippen molar-refractivity contribution in [2.45, 2.75) is 17.4 Å². The van der Waals surface area contributed by atoms with E-state index in [-0.39, 0.29) is 22.9 Å².